The van der Waals surface area contributed by atoms with Crippen LogP contribution in [-0.2, 0) is 4.79 Å². The molecule has 0 saturated heterocycles. The summed E-state index contributed by atoms with van der Waals surface area (Å²) in [7, 11) is 0. The highest BCUT2D eigenvalue weighted by Gasteiger charge is 2.55. The van der Waals surface area contributed by atoms with Crippen LogP contribution in [0, 0.1) is 56.7 Å². The van der Waals surface area contributed by atoms with E-state index in [9.17, 15) is 20.6 Å². The zero-order valence-corrected chi connectivity index (χ0v) is 18.6. The Morgan fingerprint density at radius 3 is 2.31 bits per heavy atom. The third-order valence-electron chi connectivity index (χ3n) is 6.72. The van der Waals surface area contributed by atoms with Gasteiger partial charge in [0.1, 0.15) is 11.8 Å². The van der Waals surface area contributed by atoms with Crippen LogP contribution in [0.1, 0.15) is 45.1 Å². The minimum absolute atomic E-state index is 0.0146. The minimum atomic E-state index is -1.66. The first-order chi connectivity index (χ1) is 15.1. The maximum atomic E-state index is 11.0. The lowest BCUT2D eigenvalue weighted by Gasteiger charge is -2.47. The molecule has 0 unspecified atom stereocenters. The molecule has 1 amide bonds. The van der Waals surface area contributed by atoms with E-state index in [1.165, 1.54) is 0 Å². The van der Waals surface area contributed by atoms with E-state index in [0.29, 0.717) is 11.7 Å². The van der Waals surface area contributed by atoms with Crippen molar-refractivity contribution in [2.75, 3.05) is 6.61 Å². The first kappa shape index (κ1) is 22.9. The average Bonchev–Trinajstić information content (AvgIpc) is 2.76. The molecule has 1 aromatic carbocycles. The van der Waals surface area contributed by atoms with Crippen molar-refractivity contribution in [1.29, 1.82) is 15.8 Å². The topological polar surface area (TPSA) is 150 Å². The van der Waals surface area contributed by atoms with Crippen LogP contribution in [0.4, 0.5) is 0 Å². The van der Waals surface area contributed by atoms with Crippen LogP contribution < -0.4 is 16.2 Å². The molecule has 0 aromatic heterocycles. The molecule has 3 atom stereocenters. The molecule has 1 aromatic rings. The van der Waals surface area contributed by atoms with E-state index in [-0.39, 0.29) is 29.2 Å². The van der Waals surface area contributed by atoms with Gasteiger partial charge in [0.2, 0.25) is 0 Å². The van der Waals surface area contributed by atoms with Crippen LogP contribution in [-0.4, -0.2) is 12.5 Å². The highest BCUT2D eigenvalue weighted by atomic mass is 16.5. The van der Waals surface area contributed by atoms with E-state index in [0.717, 1.165) is 24.0 Å². The largest absolute Gasteiger partial charge is 0.484 e. The molecule has 7 heteroatoms. The number of primary amides is 1. The second-order valence-corrected chi connectivity index (χ2v) is 9.53. The Morgan fingerprint density at radius 1 is 1.19 bits per heavy atom. The van der Waals surface area contributed by atoms with Crippen molar-refractivity contribution in [3.05, 3.63) is 52.7 Å². The summed E-state index contributed by atoms with van der Waals surface area (Å²) in [6, 6.07) is 13.4. The molecule has 4 N–H and O–H groups in total. The van der Waals surface area contributed by atoms with Gasteiger partial charge in [0.05, 0.1) is 23.4 Å². The smallest absolute Gasteiger partial charge is 0.255 e. The number of hydrogen-bond donors (Lipinski definition) is 2. The predicted octanol–water partition coefficient (Wildman–Crippen LogP) is 3.42. The first-order valence-corrected chi connectivity index (χ1v) is 10.5. The second-order valence-electron chi connectivity index (χ2n) is 9.53. The average molecular weight is 430 g/mol. The molecule has 2 aliphatic rings. The number of carbonyl (C=O) groups is 1. The molecule has 7 nitrogen and oxygen atoms in total. The van der Waals surface area contributed by atoms with Crippen molar-refractivity contribution < 1.29 is 9.53 Å². The second kappa shape index (κ2) is 8.40. The third-order valence-corrected chi connectivity index (χ3v) is 6.72. The molecule has 164 valence electrons. The Bertz CT molecular complexity index is 1090. The Balaban J connectivity index is 2.16. The lowest BCUT2D eigenvalue weighted by atomic mass is 9.54. The summed E-state index contributed by atoms with van der Waals surface area (Å²) in [5, 5.41) is 30.2. The molecule has 0 saturated carbocycles. The summed E-state index contributed by atoms with van der Waals surface area (Å²) in [4.78, 5) is 11.0. The van der Waals surface area contributed by atoms with Crippen molar-refractivity contribution in [1.82, 2.24) is 0 Å². The molecule has 0 aliphatic heterocycles. The molecular formula is C25H27N5O2. The van der Waals surface area contributed by atoms with Crippen LogP contribution in [0.5, 0.6) is 5.75 Å². The van der Waals surface area contributed by atoms with Crippen molar-refractivity contribution in [3.8, 4) is 24.0 Å². The van der Waals surface area contributed by atoms with Crippen LogP contribution in [0.15, 0.2) is 47.2 Å². The summed E-state index contributed by atoms with van der Waals surface area (Å²) in [5.74, 6) is -0.549. The Hall–Kier alpha value is -3.76. The molecule has 0 radical (unpaired) electrons. The number of fused-ring (bicyclic) bond motifs is 1. The summed E-state index contributed by atoms with van der Waals surface area (Å²) in [6.07, 6.45) is 3.61. The summed E-state index contributed by atoms with van der Waals surface area (Å²) < 4.78 is 5.35. The van der Waals surface area contributed by atoms with Gasteiger partial charge < -0.3 is 16.2 Å². The fourth-order valence-corrected chi connectivity index (χ4v) is 4.90. The van der Waals surface area contributed by atoms with Crippen molar-refractivity contribution in [3.63, 3.8) is 0 Å². The maximum absolute atomic E-state index is 11.0. The van der Waals surface area contributed by atoms with Gasteiger partial charge >= 0.3 is 0 Å². The number of nitrogens with two attached hydrogens (primary N) is 2. The van der Waals surface area contributed by atoms with E-state index in [1.807, 2.05) is 0 Å². The van der Waals surface area contributed by atoms with Crippen molar-refractivity contribution in [2.24, 2.45) is 34.1 Å². The van der Waals surface area contributed by atoms with Gasteiger partial charge in [0.15, 0.2) is 12.0 Å². The molecule has 0 heterocycles. The first-order valence-electron chi connectivity index (χ1n) is 10.5. The van der Waals surface area contributed by atoms with E-state index in [2.05, 4.69) is 45.1 Å². The number of allylic oxidation sites excluding steroid dienone is 4. The van der Waals surface area contributed by atoms with Gasteiger partial charge in [-0.2, -0.15) is 15.8 Å². The summed E-state index contributed by atoms with van der Waals surface area (Å²) in [5.41, 5.74) is 11.7. The number of rotatable bonds is 4. The third kappa shape index (κ3) is 3.81. The van der Waals surface area contributed by atoms with Gasteiger partial charge in [-0.05, 0) is 53.4 Å². The molecule has 0 fully saturated rings. The molecule has 2 aliphatic carbocycles. The Labute approximate surface area is 188 Å². The van der Waals surface area contributed by atoms with Crippen LogP contribution in [0.2, 0.25) is 0 Å². The Morgan fingerprint density at radius 2 is 1.81 bits per heavy atom. The van der Waals surface area contributed by atoms with Gasteiger partial charge in [-0.25, -0.2) is 0 Å². The maximum Gasteiger partial charge on any atom is 0.255 e. The number of amides is 1. The molecule has 0 bridgehead atoms. The minimum Gasteiger partial charge on any atom is -0.484 e. The van der Waals surface area contributed by atoms with Crippen molar-refractivity contribution >= 4 is 5.91 Å². The fourth-order valence-electron chi connectivity index (χ4n) is 4.90. The van der Waals surface area contributed by atoms with Gasteiger partial charge in [0.25, 0.3) is 5.91 Å². The van der Waals surface area contributed by atoms with Gasteiger partial charge in [0, 0.05) is 5.92 Å². The number of benzene rings is 1. The van der Waals surface area contributed by atoms with E-state index in [1.54, 1.807) is 24.3 Å². The molecule has 32 heavy (non-hydrogen) atoms. The highest BCUT2D eigenvalue weighted by Crippen LogP contribution is 2.57. The fraction of sp³-hybridized carbons (Fsp3) is 0.440. The van der Waals surface area contributed by atoms with Crippen LogP contribution in [0.25, 0.3) is 0 Å². The van der Waals surface area contributed by atoms with E-state index in [4.69, 9.17) is 16.2 Å². The van der Waals surface area contributed by atoms with Crippen LogP contribution in [0.3, 0.4) is 0 Å². The Kier molecular flexibility index (Phi) is 6.02. The van der Waals surface area contributed by atoms with Crippen molar-refractivity contribution in [2.45, 2.75) is 39.5 Å². The van der Waals surface area contributed by atoms with Gasteiger partial charge in [-0.3, -0.25) is 4.79 Å². The zero-order chi connectivity index (χ0) is 23.7. The monoisotopic (exact) mass is 429 g/mol. The zero-order valence-electron chi connectivity index (χ0n) is 18.6. The van der Waals surface area contributed by atoms with Crippen LogP contribution >= 0.6 is 0 Å². The summed E-state index contributed by atoms with van der Waals surface area (Å²) in [6.45, 7) is 6.29. The normalized spacial score (nSPS) is 24.2. The number of nitrogens with zero attached hydrogens (tertiary/aromatic N) is 3. The number of hydrogen-bond acceptors (Lipinski definition) is 6. The highest BCUT2D eigenvalue weighted by molar-refractivity contribution is 5.75. The molecular weight excluding hydrogens is 402 g/mol. The lowest BCUT2D eigenvalue weighted by Crippen LogP contribution is -2.44. The molecule has 0 spiro atoms. The quantitative estimate of drug-likeness (QED) is 0.748. The van der Waals surface area contributed by atoms with E-state index < -0.39 is 17.2 Å². The number of carbonyl (C=O) groups excluding carboxylic acids is 1. The molecule has 3 rings (SSSR count). The number of nitriles is 3. The summed E-state index contributed by atoms with van der Waals surface area (Å²) >= 11 is 0. The predicted molar refractivity (Wildman–Crippen MR) is 118 cm³/mol. The lowest BCUT2D eigenvalue weighted by molar-refractivity contribution is -0.119. The van der Waals surface area contributed by atoms with E-state index >= 15 is 0 Å². The number of ether oxygens (including phenoxy) is 1. The SMILES string of the molecule is CC(C)(C)[C@H]1CC=C2C(C#N)=C(N)C(C#N)(C#N)[C@@H](c3ccc(OCC(N)=O)cc3)[C@H]2C1. The standard InChI is InChI=1S/C25H27N5O2/c1-24(2,3)16-6-9-18-19(10-16)22(25(13-27,14-28)23(30)20(18)11-26)15-4-7-17(8-5-15)32-12-21(29)31/h4-5,7-9,16,19,22H,6,10,12,30H2,1-3H3,(H2,29,31)/t16-,19-,22-/m0/s1. The van der Waals surface area contributed by atoms with Gasteiger partial charge in [-0.15, -0.1) is 0 Å². The van der Waals surface area contributed by atoms with Gasteiger partial charge in [-0.1, -0.05) is 39.0 Å².